The molecule has 1 N–H and O–H groups in total. The quantitative estimate of drug-likeness (QED) is 0.927. The van der Waals surface area contributed by atoms with Crippen LogP contribution in [0.25, 0.3) is 0 Å². The monoisotopic (exact) mass is 273 g/mol. The van der Waals surface area contributed by atoms with Crippen molar-refractivity contribution in [1.82, 2.24) is 25.1 Å². The first-order valence-corrected chi connectivity index (χ1v) is 6.88. The van der Waals surface area contributed by atoms with Crippen LogP contribution in [0.4, 0.5) is 0 Å². The molecule has 0 aliphatic rings. The minimum Gasteiger partial charge on any atom is -0.307 e. The number of nitrogens with zero attached hydrogens (tertiary/aromatic N) is 4. The summed E-state index contributed by atoms with van der Waals surface area (Å²) in [6, 6.07) is 1.94. The first-order chi connectivity index (χ1) is 9.36. The smallest absolute Gasteiger partial charge is 0.125 e. The van der Waals surface area contributed by atoms with Crippen LogP contribution < -0.4 is 5.32 Å². The van der Waals surface area contributed by atoms with Crippen molar-refractivity contribution in [1.29, 1.82) is 0 Å². The maximum Gasteiger partial charge on any atom is 0.125 e. The van der Waals surface area contributed by atoms with Crippen molar-refractivity contribution < 1.29 is 0 Å². The van der Waals surface area contributed by atoms with Gasteiger partial charge in [-0.25, -0.2) is 9.97 Å². The fraction of sp³-hybridized carbons (Fsp3) is 0.533. The summed E-state index contributed by atoms with van der Waals surface area (Å²) in [5, 5.41) is 8.00. The van der Waals surface area contributed by atoms with Crippen molar-refractivity contribution in [3.8, 4) is 0 Å². The topological polar surface area (TPSA) is 55.6 Å². The van der Waals surface area contributed by atoms with Crippen molar-refractivity contribution in [3.63, 3.8) is 0 Å². The molecule has 0 amide bonds. The van der Waals surface area contributed by atoms with Crippen LogP contribution in [0.5, 0.6) is 0 Å². The Bertz CT molecular complexity index is 580. The molecule has 2 rings (SSSR count). The highest BCUT2D eigenvalue weighted by Crippen LogP contribution is 2.23. The molecule has 2 aromatic heterocycles. The summed E-state index contributed by atoms with van der Waals surface area (Å²) in [6.07, 6.45) is 3.88. The van der Waals surface area contributed by atoms with E-state index in [-0.39, 0.29) is 5.41 Å². The first kappa shape index (κ1) is 14.7. The summed E-state index contributed by atoms with van der Waals surface area (Å²) >= 11 is 0. The van der Waals surface area contributed by atoms with E-state index >= 15 is 0 Å². The molecule has 0 aliphatic carbocycles. The molecule has 2 heterocycles. The lowest BCUT2D eigenvalue weighted by atomic mass is 9.89. The number of hydrogen-bond acceptors (Lipinski definition) is 4. The third kappa shape index (κ3) is 3.63. The molecule has 0 bridgehead atoms. The van der Waals surface area contributed by atoms with Crippen LogP contribution in [0.3, 0.4) is 0 Å². The number of aromatic nitrogens is 4. The molecule has 0 spiro atoms. The van der Waals surface area contributed by atoms with Gasteiger partial charge in [-0.15, -0.1) is 0 Å². The second-order valence-electron chi connectivity index (χ2n) is 6.13. The first-order valence-electron chi connectivity index (χ1n) is 6.88. The van der Waals surface area contributed by atoms with Gasteiger partial charge >= 0.3 is 0 Å². The van der Waals surface area contributed by atoms with Gasteiger partial charge in [0.2, 0.25) is 0 Å². The van der Waals surface area contributed by atoms with Crippen molar-refractivity contribution in [2.45, 2.75) is 46.2 Å². The second kappa shape index (κ2) is 5.71. The van der Waals surface area contributed by atoms with E-state index < -0.39 is 0 Å². The second-order valence-corrected chi connectivity index (χ2v) is 6.13. The zero-order valence-corrected chi connectivity index (χ0v) is 12.9. The van der Waals surface area contributed by atoms with Crippen molar-refractivity contribution in [2.24, 2.45) is 7.05 Å². The van der Waals surface area contributed by atoms with Crippen molar-refractivity contribution in [3.05, 3.63) is 41.2 Å². The van der Waals surface area contributed by atoms with Crippen LogP contribution in [0.1, 0.15) is 43.5 Å². The Morgan fingerprint density at radius 1 is 1.25 bits per heavy atom. The minimum absolute atomic E-state index is 0.0593. The summed E-state index contributed by atoms with van der Waals surface area (Å²) in [4.78, 5) is 8.49. The summed E-state index contributed by atoms with van der Waals surface area (Å²) < 4.78 is 1.88. The Kier molecular flexibility index (Phi) is 4.18. The Hall–Kier alpha value is -1.75. The van der Waals surface area contributed by atoms with Gasteiger partial charge in [-0.1, -0.05) is 20.8 Å². The lowest BCUT2D eigenvalue weighted by Gasteiger charge is -2.17. The van der Waals surface area contributed by atoms with E-state index in [1.165, 1.54) is 5.56 Å². The number of hydrogen-bond donors (Lipinski definition) is 1. The SMILES string of the molecule is Cc1nccc(CNCc2cn(C)nc2C(C)(C)C)n1. The third-order valence-electron chi connectivity index (χ3n) is 3.07. The van der Waals surface area contributed by atoms with Gasteiger partial charge in [0.15, 0.2) is 0 Å². The van der Waals surface area contributed by atoms with Gasteiger partial charge in [-0.2, -0.15) is 5.10 Å². The van der Waals surface area contributed by atoms with E-state index in [1.807, 2.05) is 24.7 Å². The van der Waals surface area contributed by atoms with Gasteiger partial charge in [-0.05, 0) is 13.0 Å². The Morgan fingerprint density at radius 3 is 2.65 bits per heavy atom. The van der Waals surface area contributed by atoms with Crippen LogP contribution in [0, 0.1) is 6.92 Å². The summed E-state index contributed by atoms with van der Waals surface area (Å²) in [5.74, 6) is 0.807. The van der Waals surface area contributed by atoms with E-state index in [0.29, 0.717) is 0 Å². The number of nitrogens with one attached hydrogen (secondary N) is 1. The fourth-order valence-electron chi connectivity index (χ4n) is 2.23. The molecule has 0 radical (unpaired) electrons. The molecule has 0 atom stereocenters. The zero-order chi connectivity index (χ0) is 14.8. The molecule has 0 saturated heterocycles. The van der Waals surface area contributed by atoms with Crippen LogP contribution in [-0.2, 0) is 25.6 Å². The maximum atomic E-state index is 4.57. The summed E-state index contributed by atoms with van der Waals surface area (Å²) in [5.41, 5.74) is 3.46. The molecule has 0 fully saturated rings. The molecule has 0 aliphatic heterocycles. The Morgan fingerprint density at radius 2 is 2.00 bits per heavy atom. The zero-order valence-electron chi connectivity index (χ0n) is 12.9. The van der Waals surface area contributed by atoms with Gasteiger partial charge in [0.25, 0.3) is 0 Å². The van der Waals surface area contributed by atoms with Gasteiger partial charge in [-0.3, -0.25) is 4.68 Å². The van der Waals surface area contributed by atoms with Crippen molar-refractivity contribution >= 4 is 0 Å². The molecular formula is C15H23N5. The lowest BCUT2D eigenvalue weighted by molar-refractivity contribution is 0.543. The van der Waals surface area contributed by atoms with Crippen LogP contribution in [0.2, 0.25) is 0 Å². The third-order valence-corrected chi connectivity index (χ3v) is 3.07. The Labute approximate surface area is 120 Å². The largest absolute Gasteiger partial charge is 0.307 e. The molecule has 0 unspecified atom stereocenters. The Balaban J connectivity index is 2.01. The highest BCUT2D eigenvalue weighted by atomic mass is 15.3. The van der Waals surface area contributed by atoms with E-state index in [9.17, 15) is 0 Å². The van der Waals surface area contributed by atoms with E-state index in [0.717, 1.165) is 30.3 Å². The van der Waals surface area contributed by atoms with Crippen LogP contribution in [-0.4, -0.2) is 19.7 Å². The van der Waals surface area contributed by atoms with Crippen LogP contribution >= 0.6 is 0 Å². The molecule has 5 heteroatoms. The number of rotatable bonds is 4. The predicted molar refractivity (Wildman–Crippen MR) is 79.2 cm³/mol. The molecule has 20 heavy (non-hydrogen) atoms. The molecule has 5 nitrogen and oxygen atoms in total. The van der Waals surface area contributed by atoms with Gasteiger partial charge in [0, 0.05) is 43.5 Å². The van der Waals surface area contributed by atoms with E-state index in [4.69, 9.17) is 0 Å². The molecule has 0 saturated carbocycles. The molecule has 108 valence electrons. The highest BCUT2D eigenvalue weighted by Gasteiger charge is 2.21. The normalized spacial score (nSPS) is 11.8. The van der Waals surface area contributed by atoms with Crippen LogP contribution in [0.15, 0.2) is 18.5 Å². The predicted octanol–water partition coefficient (Wildman–Crippen LogP) is 2.11. The van der Waals surface area contributed by atoms with Gasteiger partial charge in [0.1, 0.15) is 5.82 Å². The number of aryl methyl sites for hydroxylation is 2. The summed E-state index contributed by atoms with van der Waals surface area (Å²) in [7, 11) is 1.96. The summed E-state index contributed by atoms with van der Waals surface area (Å²) in [6.45, 7) is 10.00. The lowest BCUT2D eigenvalue weighted by Crippen LogP contribution is -2.19. The molecule has 2 aromatic rings. The van der Waals surface area contributed by atoms with Crippen molar-refractivity contribution in [2.75, 3.05) is 0 Å². The van der Waals surface area contributed by atoms with E-state index in [1.54, 1.807) is 6.20 Å². The maximum absolute atomic E-state index is 4.57. The fourth-order valence-corrected chi connectivity index (χ4v) is 2.23. The molecule has 0 aromatic carbocycles. The minimum atomic E-state index is 0.0593. The average molecular weight is 273 g/mol. The average Bonchev–Trinajstić information content (AvgIpc) is 2.70. The molecular weight excluding hydrogens is 250 g/mol. The standard InChI is InChI=1S/C15H23N5/c1-11-17-7-6-13(18-11)9-16-8-12-10-20(5)19-14(12)15(2,3)4/h6-7,10,16H,8-9H2,1-5H3. The van der Waals surface area contributed by atoms with Gasteiger partial charge in [0.05, 0.1) is 11.4 Å². The van der Waals surface area contributed by atoms with E-state index in [2.05, 4.69) is 47.4 Å². The highest BCUT2D eigenvalue weighted by molar-refractivity contribution is 5.24. The van der Waals surface area contributed by atoms with Gasteiger partial charge < -0.3 is 5.32 Å².